The number of carboxylic acid groups (broad SMARTS) is 1. The molecule has 1 fully saturated rings. The molecule has 1 aliphatic rings. The fourth-order valence-electron chi connectivity index (χ4n) is 2.67. The van der Waals surface area contributed by atoms with Crippen molar-refractivity contribution in [2.75, 3.05) is 19.6 Å². The molecule has 1 aromatic carbocycles. The van der Waals surface area contributed by atoms with Crippen LogP contribution in [-0.2, 0) is 0 Å². The number of carbonyl (C=O) groups excluding carboxylic acids is 1. The van der Waals surface area contributed by atoms with Crippen molar-refractivity contribution in [2.45, 2.75) is 26.2 Å². The van der Waals surface area contributed by atoms with Crippen molar-refractivity contribution >= 4 is 11.8 Å². The van der Waals surface area contributed by atoms with Gasteiger partial charge in [-0.25, -0.2) is 4.79 Å². The van der Waals surface area contributed by atoms with Crippen molar-refractivity contribution in [1.82, 2.24) is 4.90 Å². The molecule has 0 spiro atoms. The summed E-state index contributed by atoms with van der Waals surface area (Å²) in [5, 5.41) is 8.85. The van der Waals surface area contributed by atoms with Crippen LogP contribution in [-0.4, -0.2) is 41.4 Å². The minimum absolute atomic E-state index is 0.0521. The molecule has 0 unspecified atom stereocenters. The highest BCUT2D eigenvalue weighted by molar-refractivity contribution is 5.98. The first kappa shape index (κ1) is 14.7. The number of rotatable bonds is 5. The number of hydrogen-bond acceptors (Lipinski definition) is 3. The number of benzene rings is 1. The Labute approximate surface area is 119 Å². The number of carboxylic acids is 1. The van der Waals surface area contributed by atoms with Crippen molar-refractivity contribution in [3.8, 4) is 0 Å². The summed E-state index contributed by atoms with van der Waals surface area (Å²) in [6, 6.07) is 6.20. The summed E-state index contributed by atoms with van der Waals surface area (Å²) in [4.78, 5) is 25.5. The van der Waals surface area contributed by atoms with Gasteiger partial charge < -0.3 is 10.0 Å². The molecule has 2 rings (SSSR count). The topological polar surface area (TPSA) is 57.6 Å². The summed E-state index contributed by atoms with van der Waals surface area (Å²) in [6.45, 7) is 4.90. The van der Waals surface area contributed by atoms with Crippen LogP contribution in [0.2, 0.25) is 0 Å². The first-order chi connectivity index (χ1) is 9.58. The van der Waals surface area contributed by atoms with Gasteiger partial charge in [-0.15, -0.1) is 0 Å². The average molecular weight is 275 g/mol. The van der Waals surface area contributed by atoms with Gasteiger partial charge in [0.25, 0.3) is 0 Å². The number of hydrogen-bond donors (Lipinski definition) is 1. The molecule has 1 aromatic rings. The van der Waals surface area contributed by atoms with Crippen LogP contribution in [0.1, 0.15) is 46.9 Å². The average Bonchev–Trinajstić information content (AvgIpc) is 2.47. The summed E-state index contributed by atoms with van der Waals surface area (Å²) in [7, 11) is 0. The highest BCUT2D eigenvalue weighted by Crippen LogP contribution is 2.15. The molecule has 4 nitrogen and oxygen atoms in total. The number of aromatic carboxylic acids is 1. The van der Waals surface area contributed by atoms with Crippen LogP contribution >= 0.6 is 0 Å². The van der Waals surface area contributed by atoms with Crippen LogP contribution in [0.4, 0.5) is 0 Å². The third-order valence-electron chi connectivity index (χ3n) is 3.84. The minimum Gasteiger partial charge on any atom is -0.478 e. The van der Waals surface area contributed by atoms with Crippen LogP contribution < -0.4 is 0 Å². The lowest BCUT2D eigenvalue weighted by Gasteiger charge is -2.28. The number of likely N-dealkylation sites (tertiary alicyclic amines) is 1. The lowest BCUT2D eigenvalue weighted by Crippen LogP contribution is -2.35. The number of Topliss-reactive ketones (excluding diaryl/α,β-unsaturated/α-hetero) is 1. The standard InChI is InChI=1S/C16H21NO3/c1-12(11-17-9-3-2-4-10-17)15(18)13-5-7-14(8-6-13)16(19)20/h5-8,12H,2-4,9-11H2,1H3,(H,19,20)/t12-/m1/s1. The van der Waals surface area contributed by atoms with E-state index in [2.05, 4.69) is 4.90 Å². The van der Waals surface area contributed by atoms with Gasteiger partial charge >= 0.3 is 5.97 Å². The van der Waals surface area contributed by atoms with E-state index in [-0.39, 0.29) is 17.3 Å². The van der Waals surface area contributed by atoms with E-state index in [1.807, 2.05) is 6.92 Å². The summed E-state index contributed by atoms with van der Waals surface area (Å²) >= 11 is 0. The lowest BCUT2D eigenvalue weighted by molar-refractivity contribution is 0.0696. The lowest BCUT2D eigenvalue weighted by atomic mass is 9.97. The summed E-state index contributed by atoms with van der Waals surface area (Å²) < 4.78 is 0. The molecular formula is C16H21NO3. The number of carbonyl (C=O) groups is 2. The van der Waals surface area contributed by atoms with Crippen molar-refractivity contribution in [3.05, 3.63) is 35.4 Å². The SMILES string of the molecule is C[C@H](CN1CCCCC1)C(=O)c1ccc(C(=O)O)cc1. The molecule has 1 atom stereocenters. The Balaban J connectivity index is 1.96. The third kappa shape index (κ3) is 3.67. The zero-order chi connectivity index (χ0) is 14.5. The molecular weight excluding hydrogens is 254 g/mol. The second-order valence-corrected chi connectivity index (χ2v) is 5.51. The van der Waals surface area contributed by atoms with Gasteiger partial charge in [0.2, 0.25) is 0 Å². The molecule has 108 valence electrons. The molecule has 4 heteroatoms. The molecule has 0 aromatic heterocycles. The quantitative estimate of drug-likeness (QED) is 0.839. The maximum atomic E-state index is 12.3. The summed E-state index contributed by atoms with van der Waals surface area (Å²) in [5.74, 6) is -0.929. The maximum absolute atomic E-state index is 12.3. The number of piperidine rings is 1. The van der Waals surface area contributed by atoms with Crippen LogP contribution in [0.3, 0.4) is 0 Å². The summed E-state index contributed by atoms with van der Waals surface area (Å²) in [6.07, 6.45) is 3.72. The van der Waals surface area contributed by atoms with Gasteiger partial charge in [-0.3, -0.25) is 4.79 Å². The molecule has 1 saturated heterocycles. The molecule has 0 aliphatic carbocycles. The number of nitrogens with zero attached hydrogens (tertiary/aromatic N) is 1. The first-order valence-electron chi connectivity index (χ1n) is 7.18. The molecule has 0 amide bonds. The molecule has 20 heavy (non-hydrogen) atoms. The smallest absolute Gasteiger partial charge is 0.335 e. The Morgan fingerprint density at radius 1 is 1.10 bits per heavy atom. The monoisotopic (exact) mass is 275 g/mol. The Hall–Kier alpha value is -1.68. The van der Waals surface area contributed by atoms with Gasteiger partial charge in [0.15, 0.2) is 5.78 Å². The van der Waals surface area contributed by atoms with E-state index in [9.17, 15) is 9.59 Å². The fourth-order valence-corrected chi connectivity index (χ4v) is 2.67. The molecule has 0 radical (unpaired) electrons. The zero-order valence-electron chi connectivity index (χ0n) is 11.8. The van der Waals surface area contributed by atoms with E-state index >= 15 is 0 Å². The predicted molar refractivity (Wildman–Crippen MR) is 77.2 cm³/mol. The predicted octanol–water partition coefficient (Wildman–Crippen LogP) is 2.69. The molecule has 1 aliphatic heterocycles. The van der Waals surface area contributed by atoms with Gasteiger partial charge in [0.1, 0.15) is 0 Å². The van der Waals surface area contributed by atoms with Gasteiger partial charge in [-0.1, -0.05) is 25.5 Å². The van der Waals surface area contributed by atoms with Crippen LogP contribution in [0.15, 0.2) is 24.3 Å². The van der Waals surface area contributed by atoms with Gasteiger partial charge in [-0.05, 0) is 38.1 Å². The number of ketones is 1. The Bertz CT molecular complexity index is 475. The van der Waals surface area contributed by atoms with E-state index in [4.69, 9.17) is 5.11 Å². The highest BCUT2D eigenvalue weighted by atomic mass is 16.4. The van der Waals surface area contributed by atoms with Crippen molar-refractivity contribution < 1.29 is 14.7 Å². The maximum Gasteiger partial charge on any atom is 0.335 e. The van der Waals surface area contributed by atoms with E-state index in [0.29, 0.717) is 5.56 Å². The van der Waals surface area contributed by atoms with Crippen molar-refractivity contribution in [1.29, 1.82) is 0 Å². The molecule has 0 bridgehead atoms. The first-order valence-corrected chi connectivity index (χ1v) is 7.18. The molecule has 0 saturated carbocycles. The molecule has 1 N–H and O–H groups in total. The second-order valence-electron chi connectivity index (χ2n) is 5.51. The normalized spacial score (nSPS) is 17.6. The minimum atomic E-state index is -0.967. The van der Waals surface area contributed by atoms with Crippen LogP contribution in [0.25, 0.3) is 0 Å². The van der Waals surface area contributed by atoms with Crippen molar-refractivity contribution in [3.63, 3.8) is 0 Å². The van der Waals surface area contributed by atoms with Gasteiger partial charge in [0, 0.05) is 18.0 Å². The summed E-state index contributed by atoms with van der Waals surface area (Å²) in [5.41, 5.74) is 0.810. The van der Waals surface area contributed by atoms with E-state index in [1.165, 1.54) is 31.4 Å². The van der Waals surface area contributed by atoms with Crippen LogP contribution in [0, 0.1) is 5.92 Å². The third-order valence-corrected chi connectivity index (χ3v) is 3.84. The Morgan fingerprint density at radius 2 is 1.65 bits per heavy atom. The van der Waals surface area contributed by atoms with E-state index in [1.54, 1.807) is 12.1 Å². The van der Waals surface area contributed by atoms with Crippen LogP contribution in [0.5, 0.6) is 0 Å². The van der Waals surface area contributed by atoms with E-state index in [0.717, 1.165) is 19.6 Å². The zero-order valence-corrected chi connectivity index (χ0v) is 11.8. The van der Waals surface area contributed by atoms with Crippen molar-refractivity contribution in [2.24, 2.45) is 5.92 Å². The second kappa shape index (κ2) is 6.66. The Kier molecular flexibility index (Phi) is 4.90. The highest BCUT2D eigenvalue weighted by Gasteiger charge is 2.20. The van der Waals surface area contributed by atoms with Gasteiger partial charge in [0.05, 0.1) is 5.56 Å². The Morgan fingerprint density at radius 3 is 2.20 bits per heavy atom. The fraction of sp³-hybridized carbons (Fsp3) is 0.500. The molecule has 1 heterocycles. The van der Waals surface area contributed by atoms with Gasteiger partial charge in [-0.2, -0.15) is 0 Å². The van der Waals surface area contributed by atoms with E-state index < -0.39 is 5.97 Å². The largest absolute Gasteiger partial charge is 0.478 e.